The molecule has 1 aromatic rings. The number of methoxy groups -OCH3 is 2. The fourth-order valence-corrected chi connectivity index (χ4v) is 1.82. The molecule has 0 aliphatic rings. The van der Waals surface area contributed by atoms with Crippen LogP contribution in [0, 0.1) is 0 Å². The summed E-state index contributed by atoms with van der Waals surface area (Å²) < 4.78 is 11.5. The van der Waals surface area contributed by atoms with Crippen LogP contribution in [0.5, 0.6) is 5.75 Å². The fourth-order valence-electron chi connectivity index (χ4n) is 1.35. The lowest BCUT2D eigenvalue weighted by molar-refractivity contribution is 0.106. The van der Waals surface area contributed by atoms with Crippen molar-refractivity contribution in [2.45, 2.75) is 26.0 Å². The standard InChI is InChI=1S/C12H18BrNO2/c1-8(9(2)15-3)14-11-5-10(13)6-12(7-11)16-4/h5-9,14H,1-4H3. The summed E-state index contributed by atoms with van der Waals surface area (Å²) in [6, 6.07) is 6.14. The maximum absolute atomic E-state index is 5.27. The van der Waals surface area contributed by atoms with E-state index in [1.165, 1.54) is 0 Å². The van der Waals surface area contributed by atoms with Gasteiger partial charge in [0.25, 0.3) is 0 Å². The van der Waals surface area contributed by atoms with Gasteiger partial charge in [-0.1, -0.05) is 15.9 Å². The van der Waals surface area contributed by atoms with Crippen LogP contribution in [0.4, 0.5) is 5.69 Å². The lowest BCUT2D eigenvalue weighted by atomic mass is 10.2. The summed E-state index contributed by atoms with van der Waals surface area (Å²) in [6.07, 6.45) is 0.157. The first-order valence-corrected chi connectivity index (χ1v) is 6.00. The molecule has 2 unspecified atom stereocenters. The highest BCUT2D eigenvalue weighted by Crippen LogP contribution is 2.25. The highest BCUT2D eigenvalue weighted by atomic mass is 79.9. The van der Waals surface area contributed by atoms with Gasteiger partial charge >= 0.3 is 0 Å². The van der Waals surface area contributed by atoms with Gasteiger partial charge in [0, 0.05) is 29.4 Å². The Labute approximate surface area is 105 Å². The van der Waals surface area contributed by atoms with Crippen molar-refractivity contribution in [2.75, 3.05) is 19.5 Å². The van der Waals surface area contributed by atoms with Crippen molar-refractivity contribution in [3.63, 3.8) is 0 Å². The largest absolute Gasteiger partial charge is 0.497 e. The van der Waals surface area contributed by atoms with E-state index in [9.17, 15) is 0 Å². The highest BCUT2D eigenvalue weighted by molar-refractivity contribution is 9.10. The average molecular weight is 288 g/mol. The molecule has 0 saturated carbocycles. The molecule has 2 atom stereocenters. The van der Waals surface area contributed by atoms with E-state index in [2.05, 4.69) is 28.2 Å². The molecule has 0 saturated heterocycles. The van der Waals surface area contributed by atoms with Crippen LogP contribution in [-0.4, -0.2) is 26.4 Å². The topological polar surface area (TPSA) is 30.5 Å². The van der Waals surface area contributed by atoms with E-state index in [1.54, 1.807) is 14.2 Å². The molecule has 0 fully saturated rings. The minimum atomic E-state index is 0.157. The van der Waals surface area contributed by atoms with E-state index in [4.69, 9.17) is 9.47 Å². The minimum Gasteiger partial charge on any atom is -0.497 e. The number of hydrogen-bond acceptors (Lipinski definition) is 3. The average Bonchev–Trinajstić information content (AvgIpc) is 2.26. The van der Waals surface area contributed by atoms with Gasteiger partial charge in [-0.15, -0.1) is 0 Å². The minimum absolute atomic E-state index is 0.157. The zero-order chi connectivity index (χ0) is 12.1. The van der Waals surface area contributed by atoms with Crippen LogP contribution in [0.3, 0.4) is 0 Å². The molecule has 0 spiro atoms. The Morgan fingerprint density at radius 3 is 2.44 bits per heavy atom. The first-order chi connectivity index (χ1) is 7.56. The van der Waals surface area contributed by atoms with Crippen LogP contribution in [0.1, 0.15) is 13.8 Å². The van der Waals surface area contributed by atoms with Gasteiger partial charge in [-0.25, -0.2) is 0 Å². The first-order valence-electron chi connectivity index (χ1n) is 5.20. The Morgan fingerprint density at radius 1 is 1.19 bits per heavy atom. The fraction of sp³-hybridized carbons (Fsp3) is 0.500. The third-order valence-corrected chi connectivity index (χ3v) is 3.04. The Balaban J connectivity index is 2.76. The number of nitrogens with one attached hydrogen (secondary N) is 1. The Morgan fingerprint density at radius 2 is 1.88 bits per heavy atom. The molecule has 0 aromatic heterocycles. The molecule has 1 aromatic carbocycles. The summed E-state index contributed by atoms with van der Waals surface area (Å²) in [5.41, 5.74) is 1.02. The molecule has 0 bridgehead atoms. The molecule has 90 valence electrons. The number of anilines is 1. The molecule has 0 aliphatic heterocycles. The molecule has 0 heterocycles. The molecular formula is C12H18BrNO2. The van der Waals surface area contributed by atoms with Crippen molar-refractivity contribution in [1.29, 1.82) is 0 Å². The first kappa shape index (κ1) is 13.3. The van der Waals surface area contributed by atoms with Crippen molar-refractivity contribution < 1.29 is 9.47 Å². The summed E-state index contributed by atoms with van der Waals surface area (Å²) in [5, 5.41) is 3.37. The second kappa shape index (κ2) is 6.11. The van der Waals surface area contributed by atoms with E-state index >= 15 is 0 Å². The van der Waals surface area contributed by atoms with Crippen molar-refractivity contribution >= 4 is 21.6 Å². The van der Waals surface area contributed by atoms with E-state index in [1.807, 2.05) is 25.1 Å². The molecule has 1 rings (SSSR count). The Kier molecular flexibility index (Phi) is 5.09. The molecule has 16 heavy (non-hydrogen) atoms. The molecule has 1 N–H and O–H groups in total. The zero-order valence-electron chi connectivity index (χ0n) is 10.1. The van der Waals surface area contributed by atoms with Gasteiger partial charge in [0.1, 0.15) is 5.75 Å². The van der Waals surface area contributed by atoms with E-state index in [0.717, 1.165) is 15.9 Å². The third kappa shape index (κ3) is 3.68. The van der Waals surface area contributed by atoms with Gasteiger partial charge in [-0.05, 0) is 26.0 Å². The van der Waals surface area contributed by atoms with E-state index in [-0.39, 0.29) is 12.1 Å². The van der Waals surface area contributed by atoms with Crippen LogP contribution < -0.4 is 10.1 Å². The predicted molar refractivity (Wildman–Crippen MR) is 70.2 cm³/mol. The monoisotopic (exact) mass is 287 g/mol. The molecular weight excluding hydrogens is 270 g/mol. The normalized spacial score (nSPS) is 14.3. The second-order valence-electron chi connectivity index (χ2n) is 3.75. The molecule has 0 aliphatic carbocycles. The summed E-state index contributed by atoms with van der Waals surface area (Å²) in [5.74, 6) is 0.828. The van der Waals surface area contributed by atoms with Gasteiger partial charge in [-0.2, -0.15) is 0 Å². The number of rotatable bonds is 5. The van der Waals surface area contributed by atoms with Gasteiger partial charge in [0.05, 0.1) is 13.2 Å². The number of ether oxygens (including phenoxy) is 2. The van der Waals surface area contributed by atoms with Gasteiger partial charge in [0.2, 0.25) is 0 Å². The van der Waals surface area contributed by atoms with Crippen LogP contribution in [0.25, 0.3) is 0 Å². The van der Waals surface area contributed by atoms with E-state index in [0.29, 0.717) is 0 Å². The Hall–Kier alpha value is -0.740. The highest BCUT2D eigenvalue weighted by Gasteiger charge is 2.11. The van der Waals surface area contributed by atoms with E-state index < -0.39 is 0 Å². The summed E-state index contributed by atoms with van der Waals surface area (Å²) >= 11 is 3.45. The maximum atomic E-state index is 5.27. The third-order valence-electron chi connectivity index (χ3n) is 2.58. The van der Waals surface area contributed by atoms with Gasteiger partial charge in [0.15, 0.2) is 0 Å². The number of benzene rings is 1. The van der Waals surface area contributed by atoms with Crippen molar-refractivity contribution in [2.24, 2.45) is 0 Å². The van der Waals surface area contributed by atoms with Crippen molar-refractivity contribution in [3.8, 4) is 5.75 Å². The molecule has 3 nitrogen and oxygen atoms in total. The molecule has 4 heteroatoms. The van der Waals surface area contributed by atoms with Gasteiger partial charge < -0.3 is 14.8 Å². The molecule has 0 amide bonds. The summed E-state index contributed by atoms with van der Waals surface area (Å²) in [7, 11) is 3.37. The van der Waals surface area contributed by atoms with Crippen LogP contribution in [0.2, 0.25) is 0 Å². The van der Waals surface area contributed by atoms with Crippen molar-refractivity contribution in [1.82, 2.24) is 0 Å². The summed E-state index contributed by atoms with van der Waals surface area (Å²) in [6.45, 7) is 4.12. The van der Waals surface area contributed by atoms with Gasteiger partial charge in [-0.3, -0.25) is 0 Å². The lowest BCUT2D eigenvalue weighted by Crippen LogP contribution is -2.29. The smallest absolute Gasteiger partial charge is 0.122 e. The van der Waals surface area contributed by atoms with Crippen LogP contribution >= 0.6 is 15.9 Å². The lowest BCUT2D eigenvalue weighted by Gasteiger charge is -2.21. The number of hydrogen-bond donors (Lipinski definition) is 1. The number of halogens is 1. The second-order valence-corrected chi connectivity index (χ2v) is 4.67. The SMILES string of the molecule is COc1cc(Br)cc(NC(C)C(C)OC)c1. The van der Waals surface area contributed by atoms with Crippen LogP contribution in [0.15, 0.2) is 22.7 Å². The zero-order valence-corrected chi connectivity index (χ0v) is 11.7. The van der Waals surface area contributed by atoms with Crippen molar-refractivity contribution in [3.05, 3.63) is 22.7 Å². The quantitative estimate of drug-likeness (QED) is 0.901. The summed E-state index contributed by atoms with van der Waals surface area (Å²) in [4.78, 5) is 0. The predicted octanol–water partition coefficient (Wildman–Crippen LogP) is 3.29. The van der Waals surface area contributed by atoms with Crippen LogP contribution in [-0.2, 0) is 4.74 Å². The Bertz CT molecular complexity index is 344. The molecule has 0 radical (unpaired) electrons. The maximum Gasteiger partial charge on any atom is 0.122 e.